The first kappa shape index (κ1) is 23.4. The molecule has 0 aliphatic heterocycles. The lowest BCUT2D eigenvalue weighted by atomic mass is 9.98. The minimum absolute atomic E-state index is 0.326. The maximum Gasteiger partial charge on any atom is 0.332 e. The van der Waals surface area contributed by atoms with Gasteiger partial charge in [0.15, 0.2) is 11.2 Å². The second kappa shape index (κ2) is 9.70. The van der Waals surface area contributed by atoms with E-state index in [4.69, 9.17) is 9.72 Å². The van der Waals surface area contributed by atoms with E-state index in [1.807, 2.05) is 53.1 Å². The standard InChI is InChI=1S/C25H26N8O3/c1-4-7-20-26-23-21(24(34)27-25(35)33(23)15(2)36-3)32(20)14-16-10-12-17(13-11-16)18-8-5-6-9-19(18)22-28-30-31-29-22/h5-6,8-13,15H,4,7,14H2,1-3H3,(H,27,34,35)(H,28,29,30,31). The smallest absolute Gasteiger partial charge is 0.332 e. The molecule has 36 heavy (non-hydrogen) atoms. The first-order chi connectivity index (χ1) is 17.5. The van der Waals surface area contributed by atoms with E-state index in [1.165, 1.54) is 11.7 Å². The zero-order valence-corrected chi connectivity index (χ0v) is 20.2. The zero-order valence-electron chi connectivity index (χ0n) is 20.2. The van der Waals surface area contributed by atoms with Gasteiger partial charge >= 0.3 is 5.69 Å². The molecule has 0 saturated carbocycles. The molecule has 0 aliphatic carbocycles. The van der Waals surface area contributed by atoms with Gasteiger partial charge < -0.3 is 9.30 Å². The number of fused-ring (bicyclic) bond motifs is 1. The number of H-pyrrole nitrogens is 2. The van der Waals surface area contributed by atoms with Crippen LogP contribution in [-0.2, 0) is 17.7 Å². The van der Waals surface area contributed by atoms with Crippen molar-refractivity contribution in [1.82, 2.24) is 39.7 Å². The Morgan fingerprint density at radius 1 is 1.06 bits per heavy atom. The lowest BCUT2D eigenvalue weighted by Gasteiger charge is -2.13. The van der Waals surface area contributed by atoms with E-state index in [0.29, 0.717) is 30.0 Å². The largest absolute Gasteiger partial charge is 0.361 e. The van der Waals surface area contributed by atoms with Gasteiger partial charge in [0.25, 0.3) is 5.56 Å². The van der Waals surface area contributed by atoms with Gasteiger partial charge in [-0.25, -0.2) is 14.3 Å². The highest BCUT2D eigenvalue weighted by Gasteiger charge is 2.21. The van der Waals surface area contributed by atoms with Crippen LogP contribution in [0.25, 0.3) is 33.7 Å². The number of aromatic nitrogens is 8. The number of tetrazole rings is 1. The van der Waals surface area contributed by atoms with E-state index in [2.05, 4.69) is 32.5 Å². The Morgan fingerprint density at radius 3 is 2.47 bits per heavy atom. The fraction of sp³-hybridized carbons (Fsp3) is 0.280. The Bertz CT molecular complexity index is 1610. The van der Waals surface area contributed by atoms with E-state index < -0.39 is 17.5 Å². The Balaban J connectivity index is 1.56. The van der Waals surface area contributed by atoms with Crippen molar-refractivity contribution >= 4 is 11.2 Å². The molecule has 2 aromatic carbocycles. The summed E-state index contributed by atoms with van der Waals surface area (Å²) in [5.41, 5.74) is 3.53. The quantitative estimate of drug-likeness (QED) is 0.344. The van der Waals surface area contributed by atoms with Crippen molar-refractivity contribution in [2.24, 2.45) is 0 Å². The van der Waals surface area contributed by atoms with Crippen LogP contribution < -0.4 is 11.2 Å². The first-order valence-corrected chi connectivity index (χ1v) is 11.7. The third-order valence-electron chi connectivity index (χ3n) is 6.21. The van der Waals surface area contributed by atoms with Crippen LogP contribution in [-0.4, -0.2) is 46.8 Å². The van der Waals surface area contributed by atoms with Gasteiger partial charge in [-0.3, -0.25) is 9.78 Å². The topological polar surface area (TPSA) is 136 Å². The number of nitrogens with zero attached hydrogens (tertiary/aromatic N) is 6. The molecule has 1 unspecified atom stereocenters. The second-order valence-corrected chi connectivity index (χ2v) is 8.48. The zero-order chi connectivity index (χ0) is 25.2. The van der Waals surface area contributed by atoms with Crippen molar-refractivity contribution < 1.29 is 4.74 Å². The summed E-state index contributed by atoms with van der Waals surface area (Å²) in [6.45, 7) is 4.22. The summed E-state index contributed by atoms with van der Waals surface area (Å²) in [7, 11) is 1.51. The average Bonchev–Trinajstić information content (AvgIpc) is 3.54. The van der Waals surface area contributed by atoms with Crippen molar-refractivity contribution in [2.75, 3.05) is 7.11 Å². The van der Waals surface area contributed by atoms with Crippen LogP contribution >= 0.6 is 0 Å². The lowest BCUT2D eigenvalue weighted by molar-refractivity contribution is 0.0597. The van der Waals surface area contributed by atoms with Crippen LogP contribution in [0.1, 0.15) is 37.9 Å². The number of benzene rings is 2. The lowest BCUT2D eigenvalue weighted by Crippen LogP contribution is -2.33. The molecule has 5 rings (SSSR count). The summed E-state index contributed by atoms with van der Waals surface area (Å²) in [6, 6.07) is 16.0. The summed E-state index contributed by atoms with van der Waals surface area (Å²) >= 11 is 0. The maximum atomic E-state index is 12.9. The van der Waals surface area contributed by atoms with Crippen molar-refractivity contribution in [2.45, 2.75) is 39.5 Å². The highest BCUT2D eigenvalue weighted by atomic mass is 16.5. The van der Waals surface area contributed by atoms with Crippen LogP contribution in [0, 0.1) is 0 Å². The minimum atomic E-state index is -0.576. The van der Waals surface area contributed by atoms with E-state index in [9.17, 15) is 9.59 Å². The number of methoxy groups -OCH3 is 1. The van der Waals surface area contributed by atoms with Crippen LogP contribution in [0.3, 0.4) is 0 Å². The van der Waals surface area contributed by atoms with Crippen molar-refractivity contribution in [3.8, 4) is 22.5 Å². The number of hydrogen-bond donors (Lipinski definition) is 2. The van der Waals surface area contributed by atoms with E-state index in [-0.39, 0.29) is 0 Å². The number of imidazole rings is 1. The fourth-order valence-electron chi connectivity index (χ4n) is 4.40. The molecule has 0 fully saturated rings. The highest BCUT2D eigenvalue weighted by Crippen LogP contribution is 2.30. The van der Waals surface area contributed by atoms with Crippen LogP contribution in [0.15, 0.2) is 58.1 Å². The molecule has 3 heterocycles. The summed E-state index contributed by atoms with van der Waals surface area (Å²) in [6.07, 6.45) is 0.935. The Morgan fingerprint density at radius 2 is 1.81 bits per heavy atom. The average molecular weight is 487 g/mol. The molecule has 1 atom stereocenters. The molecule has 11 heteroatoms. The second-order valence-electron chi connectivity index (χ2n) is 8.48. The van der Waals surface area contributed by atoms with Crippen molar-refractivity contribution in [3.05, 3.63) is 80.8 Å². The van der Waals surface area contributed by atoms with Gasteiger partial charge in [0, 0.05) is 25.6 Å². The van der Waals surface area contributed by atoms with Gasteiger partial charge in [-0.05, 0) is 35.2 Å². The third kappa shape index (κ3) is 4.13. The molecular weight excluding hydrogens is 460 g/mol. The molecule has 184 valence electrons. The molecular formula is C25H26N8O3. The summed E-state index contributed by atoms with van der Waals surface area (Å²) in [4.78, 5) is 32.5. The van der Waals surface area contributed by atoms with E-state index in [0.717, 1.165) is 34.5 Å². The molecule has 0 amide bonds. The maximum absolute atomic E-state index is 12.9. The minimum Gasteiger partial charge on any atom is -0.361 e. The number of ether oxygens (including phenoxy) is 1. The normalized spacial score (nSPS) is 12.3. The fourth-order valence-corrected chi connectivity index (χ4v) is 4.40. The molecule has 0 bridgehead atoms. The van der Waals surface area contributed by atoms with Crippen molar-refractivity contribution in [1.29, 1.82) is 0 Å². The Hall–Kier alpha value is -4.38. The van der Waals surface area contributed by atoms with Gasteiger partial charge in [0.1, 0.15) is 12.1 Å². The van der Waals surface area contributed by atoms with Gasteiger partial charge in [0.05, 0.1) is 0 Å². The molecule has 11 nitrogen and oxygen atoms in total. The van der Waals surface area contributed by atoms with Crippen molar-refractivity contribution in [3.63, 3.8) is 0 Å². The van der Waals surface area contributed by atoms with Crippen LogP contribution in [0.5, 0.6) is 0 Å². The third-order valence-corrected chi connectivity index (χ3v) is 6.21. The molecule has 0 aliphatic rings. The number of nitrogens with one attached hydrogen (secondary N) is 2. The molecule has 0 saturated heterocycles. The molecule has 0 radical (unpaired) electrons. The number of aromatic amines is 2. The predicted octanol–water partition coefficient (Wildman–Crippen LogP) is 2.90. The van der Waals surface area contributed by atoms with Gasteiger partial charge in [-0.2, -0.15) is 5.21 Å². The number of rotatable bonds is 8. The molecule has 3 aromatic heterocycles. The number of aryl methyl sites for hydroxylation is 1. The number of hydrogen-bond acceptors (Lipinski definition) is 7. The van der Waals surface area contributed by atoms with Crippen LogP contribution in [0.4, 0.5) is 0 Å². The Kier molecular flexibility index (Phi) is 6.30. The van der Waals surface area contributed by atoms with Crippen LogP contribution in [0.2, 0.25) is 0 Å². The first-order valence-electron chi connectivity index (χ1n) is 11.7. The van der Waals surface area contributed by atoms with E-state index in [1.54, 1.807) is 6.92 Å². The van der Waals surface area contributed by atoms with Gasteiger partial charge in [-0.15, -0.1) is 10.2 Å². The summed E-state index contributed by atoms with van der Waals surface area (Å²) in [5.74, 6) is 1.27. The predicted molar refractivity (Wildman–Crippen MR) is 134 cm³/mol. The molecule has 2 N–H and O–H groups in total. The SMILES string of the molecule is CCCc1nc2c(c(=O)[nH]c(=O)n2C(C)OC)n1Cc1ccc(-c2ccccc2-c2nn[nH]n2)cc1. The highest BCUT2D eigenvalue weighted by molar-refractivity contribution is 5.80. The monoisotopic (exact) mass is 486 g/mol. The molecule has 0 spiro atoms. The van der Waals surface area contributed by atoms with E-state index >= 15 is 0 Å². The van der Waals surface area contributed by atoms with Gasteiger partial charge in [0.2, 0.25) is 5.82 Å². The van der Waals surface area contributed by atoms with Gasteiger partial charge in [-0.1, -0.05) is 55.5 Å². The molecule has 5 aromatic rings. The summed E-state index contributed by atoms with van der Waals surface area (Å²) in [5, 5.41) is 14.4. The summed E-state index contributed by atoms with van der Waals surface area (Å²) < 4.78 is 8.63. The Labute approximate surface area is 205 Å².